The van der Waals surface area contributed by atoms with Crippen molar-refractivity contribution in [2.75, 3.05) is 7.05 Å². The van der Waals surface area contributed by atoms with E-state index in [1.807, 2.05) is 13.0 Å². The van der Waals surface area contributed by atoms with Gasteiger partial charge in [0, 0.05) is 31.9 Å². The van der Waals surface area contributed by atoms with E-state index in [1.54, 1.807) is 7.05 Å². The molecule has 1 nitrogen and oxygen atoms in total. The van der Waals surface area contributed by atoms with Crippen LogP contribution in [0.15, 0.2) is 22.7 Å². The fraction of sp³-hybridized carbons (Fsp3) is 0.231. The highest BCUT2D eigenvalue weighted by atomic mass is 79.9. The van der Waals surface area contributed by atoms with E-state index in [2.05, 4.69) is 21.2 Å². The highest BCUT2D eigenvalue weighted by Crippen LogP contribution is 2.37. The Morgan fingerprint density at radius 2 is 1.74 bits per heavy atom. The summed E-state index contributed by atoms with van der Waals surface area (Å²) in [5, 5.41) is 2.87. The normalized spacial score (nSPS) is 12.7. The highest BCUT2D eigenvalue weighted by Gasteiger charge is 2.25. The van der Waals surface area contributed by atoms with E-state index in [4.69, 9.17) is 0 Å². The van der Waals surface area contributed by atoms with Crippen molar-refractivity contribution in [1.29, 1.82) is 0 Å². The van der Waals surface area contributed by atoms with Crippen molar-refractivity contribution in [3.8, 4) is 0 Å². The van der Waals surface area contributed by atoms with Gasteiger partial charge in [-0.25, -0.2) is 13.2 Å². The summed E-state index contributed by atoms with van der Waals surface area (Å²) in [5.74, 6) is -2.71. The lowest BCUT2D eigenvalue weighted by Crippen LogP contribution is -2.20. The molecule has 0 amide bonds. The predicted octanol–water partition coefficient (Wildman–Crippen LogP) is 4.55. The Bertz CT molecular complexity index is 589. The first-order chi connectivity index (χ1) is 8.93. The minimum atomic E-state index is -0.921. The fourth-order valence-corrected chi connectivity index (χ4v) is 3.93. The Morgan fingerprint density at radius 3 is 2.16 bits per heavy atom. The molecular weight excluding hydrogens is 339 g/mol. The molecule has 1 aromatic heterocycles. The Labute approximate surface area is 121 Å². The van der Waals surface area contributed by atoms with Gasteiger partial charge >= 0.3 is 0 Å². The molecule has 0 spiro atoms. The van der Waals surface area contributed by atoms with Crippen LogP contribution in [-0.2, 0) is 0 Å². The first-order valence-corrected chi connectivity index (χ1v) is 7.12. The van der Waals surface area contributed by atoms with E-state index >= 15 is 0 Å². The second kappa shape index (κ2) is 5.64. The SMILES string of the molecule is CNC(c1sc(C)cc1Br)c1c(F)cc(F)cc1F. The van der Waals surface area contributed by atoms with E-state index in [9.17, 15) is 13.2 Å². The van der Waals surface area contributed by atoms with Gasteiger partial charge in [-0.05, 0) is 36.0 Å². The molecule has 1 heterocycles. The monoisotopic (exact) mass is 349 g/mol. The number of rotatable bonds is 3. The summed E-state index contributed by atoms with van der Waals surface area (Å²) >= 11 is 4.80. The van der Waals surface area contributed by atoms with Crippen molar-refractivity contribution in [1.82, 2.24) is 5.32 Å². The van der Waals surface area contributed by atoms with Crippen molar-refractivity contribution in [2.24, 2.45) is 0 Å². The fourth-order valence-electron chi connectivity index (χ4n) is 1.93. The maximum absolute atomic E-state index is 13.8. The third-order valence-electron chi connectivity index (χ3n) is 2.72. The molecule has 0 aliphatic rings. The van der Waals surface area contributed by atoms with Crippen LogP contribution in [0.25, 0.3) is 0 Å². The van der Waals surface area contributed by atoms with Crippen molar-refractivity contribution in [3.63, 3.8) is 0 Å². The zero-order chi connectivity index (χ0) is 14.2. The van der Waals surface area contributed by atoms with Crippen LogP contribution >= 0.6 is 27.3 Å². The van der Waals surface area contributed by atoms with Gasteiger partial charge in [-0.1, -0.05) is 0 Å². The van der Waals surface area contributed by atoms with E-state index < -0.39 is 23.5 Å². The topological polar surface area (TPSA) is 12.0 Å². The zero-order valence-corrected chi connectivity index (χ0v) is 12.6. The Morgan fingerprint density at radius 1 is 1.16 bits per heavy atom. The zero-order valence-electron chi connectivity index (χ0n) is 10.2. The van der Waals surface area contributed by atoms with E-state index in [-0.39, 0.29) is 5.56 Å². The number of aryl methyl sites for hydroxylation is 1. The first kappa shape index (κ1) is 14.6. The number of nitrogens with one attached hydrogen (secondary N) is 1. The minimum Gasteiger partial charge on any atom is -0.308 e. The number of hydrogen-bond donors (Lipinski definition) is 1. The van der Waals surface area contributed by atoms with Gasteiger partial charge in [0.05, 0.1) is 6.04 Å². The Balaban J connectivity index is 2.57. The number of benzene rings is 1. The predicted molar refractivity (Wildman–Crippen MR) is 74.0 cm³/mol. The van der Waals surface area contributed by atoms with Crippen molar-refractivity contribution < 1.29 is 13.2 Å². The van der Waals surface area contributed by atoms with Gasteiger partial charge in [-0.3, -0.25) is 0 Å². The molecule has 1 N–H and O–H groups in total. The lowest BCUT2D eigenvalue weighted by Gasteiger charge is -2.17. The molecular formula is C13H11BrF3NS. The molecule has 0 radical (unpaired) electrons. The summed E-state index contributed by atoms with van der Waals surface area (Å²) in [6.07, 6.45) is 0. The summed E-state index contributed by atoms with van der Waals surface area (Å²) in [4.78, 5) is 1.77. The summed E-state index contributed by atoms with van der Waals surface area (Å²) < 4.78 is 41.4. The average Bonchev–Trinajstić information content (AvgIpc) is 2.62. The molecule has 0 aliphatic carbocycles. The van der Waals surface area contributed by atoms with Crippen LogP contribution in [-0.4, -0.2) is 7.05 Å². The van der Waals surface area contributed by atoms with Crippen LogP contribution in [0.4, 0.5) is 13.2 Å². The molecule has 0 saturated heterocycles. The van der Waals surface area contributed by atoms with Gasteiger partial charge in [-0.15, -0.1) is 11.3 Å². The quantitative estimate of drug-likeness (QED) is 0.857. The first-order valence-electron chi connectivity index (χ1n) is 5.51. The smallest absolute Gasteiger partial charge is 0.134 e. The molecule has 2 rings (SSSR count). The second-order valence-corrected chi connectivity index (χ2v) is 6.22. The lowest BCUT2D eigenvalue weighted by molar-refractivity contribution is 0.501. The largest absolute Gasteiger partial charge is 0.308 e. The van der Waals surface area contributed by atoms with E-state index in [1.165, 1.54) is 11.3 Å². The molecule has 0 fully saturated rings. The number of halogens is 4. The maximum atomic E-state index is 13.8. The van der Waals surface area contributed by atoms with Crippen LogP contribution in [0, 0.1) is 24.4 Å². The molecule has 0 bridgehead atoms. The maximum Gasteiger partial charge on any atom is 0.134 e. The summed E-state index contributed by atoms with van der Waals surface area (Å²) in [7, 11) is 1.61. The van der Waals surface area contributed by atoms with Crippen LogP contribution < -0.4 is 5.32 Å². The van der Waals surface area contributed by atoms with Gasteiger partial charge in [-0.2, -0.15) is 0 Å². The molecule has 0 aliphatic heterocycles. The molecule has 1 aromatic carbocycles. The van der Waals surface area contributed by atoms with Crippen LogP contribution in [0.2, 0.25) is 0 Å². The van der Waals surface area contributed by atoms with Gasteiger partial charge in [0.1, 0.15) is 17.5 Å². The minimum absolute atomic E-state index is 0.175. The third-order valence-corrected chi connectivity index (χ3v) is 4.75. The molecule has 102 valence electrons. The van der Waals surface area contributed by atoms with Gasteiger partial charge in [0.2, 0.25) is 0 Å². The number of thiophene rings is 1. The summed E-state index contributed by atoms with van der Waals surface area (Å²) in [6, 6.07) is 2.60. The molecule has 1 atom stereocenters. The molecule has 6 heteroatoms. The molecule has 1 unspecified atom stereocenters. The third kappa shape index (κ3) is 2.85. The van der Waals surface area contributed by atoms with Crippen LogP contribution in [0.1, 0.15) is 21.4 Å². The van der Waals surface area contributed by atoms with Crippen molar-refractivity contribution in [3.05, 3.63) is 55.4 Å². The van der Waals surface area contributed by atoms with Crippen molar-refractivity contribution in [2.45, 2.75) is 13.0 Å². The lowest BCUT2D eigenvalue weighted by atomic mass is 10.0. The molecule has 2 aromatic rings. The van der Waals surface area contributed by atoms with Crippen molar-refractivity contribution >= 4 is 27.3 Å². The van der Waals surface area contributed by atoms with Gasteiger partial charge in [0.15, 0.2) is 0 Å². The summed E-state index contributed by atoms with van der Waals surface area (Å²) in [5.41, 5.74) is -0.175. The van der Waals surface area contributed by atoms with Crippen LogP contribution in [0.3, 0.4) is 0 Å². The van der Waals surface area contributed by atoms with Gasteiger partial charge < -0.3 is 5.32 Å². The van der Waals surface area contributed by atoms with Crippen LogP contribution in [0.5, 0.6) is 0 Å². The number of hydrogen-bond acceptors (Lipinski definition) is 2. The highest BCUT2D eigenvalue weighted by molar-refractivity contribution is 9.10. The van der Waals surface area contributed by atoms with Gasteiger partial charge in [0.25, 0.3) is 0 Å². The Kier molecular flexibility index (Phi) is 4.32. The molecule has 19 heavy (non-hydrogen) atoms. The second-order valence-electron chi connectivity index (χ2n) is 4.07. The standard InChI is InChI=1S/C13H11BrF3NS/c1-6-3-8(14)13(19-6)12(18-2)11-9(16)4-7(15)5-10(11)17/h3-5,12,18H,1-2H3. The Hall–Kier alpha value is -0.850. The summed E-state index contributed by atoms with van der Waals surface area (Å²) in [6.45, 7) is 1.91. The average molecular weight is 350 g/mol. The van der Waals surface area contributed by atoms with E-state index in [0.29, 0.717) is 12.1 Å². The molecule has 0 saturated carbocycles. The van der Waals surface area contributed by atoms with E-state index in [0.717, 1.165) is 14.2 Å².